The smallest absolute Gasteiger partial charge is 0.298 e. The number of pyridine rings is 1. The van der Waals surface area contributed by atoms with E-state index in [4.69, 9.17) is 0 Å². The second kappa shape index (κ2) is 8.02. The molecule has 0 aliphatic heterocycles. The standard InChI is InChI=1S/C20H15BrF3N3O/c1-12-17(8-9-18(25-12)13-4-2-6-15(21)10-13)19(28)27-26-16-7-3-5-14(11-16)20(22,23)24/h2-11,26H,1H3,(H,27,28). The van der Waals surface area contributed by atoms with E-state index < -0.39 is 17.6 Å². The number of halogens is 4. The summed E-state index contributed by atoms with van der Waals surface area (Å²) in [6, 6.07) is 15.5. The summed E-state index contributed by atoms with van der Waals surface area (Å²) in [7, 11) is 0. The van der Waals surface area contributed by atoms with Crippen molar-refractivity contribution in [1.29, 1.82) is 0 Å². The van der Waals surface area contributed by atoms with Crippen LogP contribution in [0.3, 0.4) is 0 Å². The first-order valence-electron chi connectivity index (χ1n) is 8.21. The summed E-state index contributed by atoms with van der Waals surface area (Å²) >= 11 is 3.41. The van der Waals surface area contributed by atoms with Crippen LogP contribution >= 0.6 is 15.9 Å². The zero-order valence-electron chi connectivity index (χ0n) is 14.6. The Morgan fingerprint density at radius 2 is 1.79 bits per heavy atom. The molecule has 1 amide bonds. The number of alkyl halides is 3. The van der Waals surface area contributed by atoms with Gasteiger partial charge in [0.25, 0.3) is 5.91 Å². The van der Waals surface area contributed by atoms with E-state index in [0.29, 0.717) is 17.0 Å². The fourth-order valence-electron chi connectivity index (χ4n) is 2.58. The highest BCUT2D eigenvalue weighted by atomic mass is 79.9. The third-order valence-corrected chi connectivity index (χ3v) is 4.45. The molecule has 0 saturated heterocycles. The Labute approximate surface area is 167 Å². The molecule has 2 N–H and O–H groups in total. The highest BCUT2D eigenvalue weighted by molar-refractivity contribution is 9.10. The molecule has 8 heteroatoms. The Balaban J connectivity index is 1.73. The first-order chi connectivity index (χ1) is 13.2. The molecule has 0 spiro atoms. The first-order valence-corrected chi connectivity index (χ1v) is 9.00. The molecule has 3 rings (SSSR count). The monoisotopic (exact) mass is 449 g/mol. The van der Waals surface area contributed by atoms with Crippen LogP contribution in [0.15, 0.2) is 65.1 Å². The number of benzene rings is 2. The Morgan fingerprint density at radius 3 is 2.46 bits per heavy atom. The zero-order valence-corrected chi connectivity index (χ0v) is 16.2. The SMILES string of the molecule is Cc1nc(-c2cccc(Br)c2)ccc1C(=O)NNc1cccc(C(F)(F)F)c1. The van der Waals surface area contributed by atoms with E-state index in [9.17, 15) is 18.0 Å². The molecule has 3 aromatic rings. The van der Waals surface area contributed by atoms with Gasteiger partial charge >= 0.3 is 6.18 Å². The van der Waals surface area contributed by atoms with E-state index in [2.05, 4.69) is 31.8 Å². The molecule has 144 valence electrons. The van der Waals surface area contributed by atoms with Gasteiger partial charge in [0.05, 0.1) is 28.2 Å². The Kier molecular flexibility index (Phi) is 5.69. The summed E-state index contributed by atoms with van der Waals surface area (Å²) < 4.78 is 39.2. The second-order valence-electron chi connectivity index (χ2n) is 6.00. The minimum absolute atomic E-state index is 0.125. The Bertz CT molecular complexity index is 1020. The molecule has 4 nitrogen and oxygen atoms in total. The van der Waals surface area contributed by atoms with Crippen LogP contribution in [0.25, 0.3) is 11.3 Å². The lowest BCUT2D eigenvalue weighted by atomic mass is 10.1. The van der Waals surface area contributed by atoms with E-state index >= 15 is 0 Å². The van der Waals surface area contributed by atoms with Crippen LogP contribution in [0.1, 0.15) is 21.6 Å². The lowest BCUT2D eigenvalue weighted by Gasteiger charge is -2.13. The van der Waals surface area contributed by atoms with Gasteiger partial charge in [-0.1, -0.05) is 34.1 Å². The number of carbonyl (C=O) groups is 1. The van der Waals surface area contributed by atoms with Gasteiger partial charge in [-0.3, -0.25) is 20.6 Å². The summed E-state index contributed by atoms with van der Waals surface area (Å²) in [6.45, 7) is 1.70. The Morgan fingerprint density at radius 1 is 1.04 bits per heavy atom. The number of carbonyl (C=O) groups excluding carboxylic acids is 1. The van der Waals surface area contributed by atoms with Crippen molar-refractivity contribution in [2.24, 2.45) is 0 Å². The average Bonchev–Trinajstić information content (AvgIpc) is 2.65. The van der Waals surface area contributed by atoms with Gasteiger partial charge in [0.15, 0.2) is 0 Å². The van der Waals surface area contributed by atoms with Crippen molar-refractivity contribution in [3.8, 4) is 11.3 Å². The maximum absolute atomic E-state index is 12.8. The fourth-order valence-corrected chi connectivity index (χ4v) is 2.98. The third-order valence-electron chi connectivity index (χ3n) is 3.96. The van der Waals surface area contributed by atoms with Crippen LogP contribution in [-0.4, -0.2) is 10.9 Å². The van der Waals surface area contributed by atoms with Crippen LogP contribution in [0.4, 0.5) is 18.9 Å². The van der Waals surface area contributed by atoms with Gasteiger partial charge < -0.3 is 0 Å². The number of aryl methyl sites for hydroxylation is 1. The third kappa shape index (κ3) is 4.69. The molecule has 0 saturated carbocycles. The van der Waals surface area contributed by atoms with Gasteiger partial charge in [-0.2, -0.15) is 13.2 Å². The van der Waals surface area contributed by atoms with Crippen LogP contribution in [0.2, 0.25) is 0 Å². The number of hydrogen-bond donors (Lipinski definition) is 2. The van der Waals surface area contributed by atoms with E-state index in [1.807, 2.05) is 24.3 Å². The molecule has 0 bridgehead atoms. The average molecular weight is 450 g/mol. The minimum atomic E-state index is -4.45. The van der Waals surface area contributed by atoms with Crippen molar-refractivity contribution in [2.45, 2.75) is 13.1 Å². The molecule has 1 heterocycles. The maximum atomic E-state index is 12.8. The molecule has 28 heavy (non-hydrogen) atoms. The van der Waals surface area contributed by atoms with E-state index in [-0.39, 0.29) is 5.69 Å². The fraction of sp³-hybridized carbons (Fsp3) is 0.100. The molecule has 1 aromatic heterocycles. The van der Waals surface area contributed by atoms with Crippen molar-refractivity contribution in [3.05, 3.63) is 82.0 Å². The summed E-state index contributed by atoms with van der Waals surface area (Å²) in [4.78, 5) is 16.8. The molecule has 2 aromatic carbocycles. The molecule has 0 fully saturated rings. The van der Waals surface area contributed by atoms with Gasteiger partial charge in [-0.05, 0) is 49.4 Å². The topological polar surface area (TPSA) is 54.0 Å². The van der Waals surface area contributed by atoms with Crippen molar-refractivity contribution < 1.29 is 18.0 Å². The normalized spacial score (nSPS) is 11.2. The summed E-state index contributed by atoms with van der Waals surface area (Å²) in [5, 5.41) is 0. The lowest BCUT2D eigenvalue weighted by molar-refractivity contribution is -0.137. The van der Waals surface area contributed by atoms with E-state index in [0.717, 1.165) is 22.2 Å². The summed E-state index contributed by atoms with van der Waals surface area (Å²) in [6.07, 6.45) is -4.45. The van der Waals surface area contributed by atoms with Crippen molar-refractivity contribution in [1.82, 2.24) is 10.4 Å². The molecule has 0 aliphatic rings. The van der Waals surface area contributed by atoms with E-state index in [1.165, 1.54) is 12.1 Å². The van der Waals surface area contributed by atoms with Gasteiger partial charge in [-0.25, -0.2) is 0 Å². The molecular formula is C20H15BrF3N3O. The molecule has 0 aliphatic carbocycles. The second-order valence-corrected chi connectivity index (χ2v) is 6.91. The minimum Gasteiger partial charge on any atom is -0.298 e. The number of hydrogen-bond acceptors (Lipinski definition) is 3. The quantitative estimate of drug-likeness (QED) is 0.510. The van der Waals surface area contributed by atoms with Crippen LogP contribution in [0, 0.1) is 6.92 Å². The number of nitrogens with one attached hydrogen (secondary N) is 2. The molecular weight excluding hydrogens is 435 g/mol. The van der Waals surface area contributed by atoms with E-state index in [1.54, 1.807) is 19.1 Å². The van der Waals surface area contributed by atoms with Crippen LogP contribution in [0.5, 0.6) is 0 Å². The highest BCUT2D eigenvalue weighted by Crippen LogP contribution is 2.30. The van der Waals surface area contributed by atoms with Crippen molar-refractivity contribution in [2.75, 3.05) is 5.43 Å². The number of amides is 1. The molecule has 0 atom stereocenters. The zero-order chi connectivity index (χ0) is 20.3. The number of anilines is 1. The summed E-state index contributed by atoms with van der Waals surface area (Å²) in [5.41, 5.74) is 6.65. The van der Waals surface area contributed by atoms with Crippen LogP contribution in [-0.2, 0) is 6.18 Å². The molecule has 0 unspecified atom stereocenters. The summed E-state index contributed by atoms with van der Waals surface area (Å²) in [5.74, 6) is -0.497. The van der Waals surface area contributed by atoms with Crippen LogP contribution < -0.4 is 10.9 Å². The Hall–Kier alpha value is -2.87. The van der Waals surface area contributed by atoms with Gasteiger partial charge in [0, 0.05) is 10.0 Å². The van der Waals surface area contributed by atoms with Crippen molar-refractivity contribution >= 4 is 27.5 Å². The van der Waals surface area contributed by atoms with Gasteiger partial charge in [0.2, 0.25) is 0 Å². The maximum Gasteiger partial charge on any atom is 0.416 e. The predicted octanol–water partition coefficient (Wildman–Crippen LogP) is 5.60. The van der Waals surface area contributed by atoms with Gasteiger partial charge in [-0.15, -0.1) is 0 Å². The van der Waals surface area contributed by atoms with Gasteiger partial charge in [0.1, 0.15) is 0 Å². The number of aromatic nitrogens is 1. The predicted molar refractivity (Wildman–Crippen MR) is 105 cm³/mol. The number of hydrazine groups is 1. The highest BCUT2D eigenvalue weighted by Gasteiger charge is 2.30. The number of rotatable bonds is 4. The lowest BCUT2D eigenvalue weighted by Crippen LogP contribution is -2.30. The first kappa shape index (κ1) is 19.9. The van der Waals surface area contributed by atoms with Crippen molar-refractivity contribution in [3.63, 3.8) is 0 Å². The number of nitrogens with zero attached hydrogens (tertiary/aromatic N) is 1. The molecule has 0 radical (unpaired) electrons. The largest absolute Gasteiger partial charge is 0.416 e.